The van der Waals surface area contributed by atoms with E-state index in [1.54, 1.807) is 12.1 Å². The van der Waals surface area contributed by atoms with E-state index in [-0.39, 0.29) is 12.1 Å². The van der Waals surface area contributed by atoms with Crippen molar-refractivity contribution in [2.24, 2.45) is 7.05 Å². The van der Waals surface area contributed by atoms with Crippen LogP contribution in [0.15, 0.2) is 65.6 Å². The van der Waals surface area contributed by atoms with Crippen LogP contribution in [-0.4, -0.2) is 70.9 Å². The molecule has 3 fully saturated rings. The number of sulfone groups is 1. The summed E-state index contributed by atoms with van der Waals surface area (Å²) < 4.78 is 31.6. The molecule has 2 atom stereocenters. The van der Waals surface area contributed by atoms with Gasteiger partial charge in [0.15, 0.2) is 9.84 Å². The molecule has 8 nitrogen and oxygen atoms in total. The monoisotopic (exact) mass is 600 g/mol. The Labute approximate surface area is 254 Å². The highest BCUT2D eigenvalue weighted by atomic mass is 32.2. The van der Waals surface area contributed by atoms with Crippen molar-refractivity contribution in [3.8, 4) is 22.5 Å². The number of pyridine rings is 1. The van der Waals surface area contributed by atoms with Crippen LogP contribution >= 0.6 is 0 Å². The van der Waals surface area contributed by atoms with Crippen LogP contribution in [0.2, 0.25) is 0 Å². The van der Waals surface area contributed by atoms with Crippen molar-refractivity contribution >= 4 is 26.8 Å². The van der Waals surface area contributed by atoms with E-state index in [1.807, 2.05) is 51.8 Å². The van der Waals surface area contributed by atoms with Crippen LogP contribution in [0.25, 0.3) is 33.4 Å². The number of aromatic nitrogens is 2. The van der Waals surface area contributed by atoms with Gasteiger partial charge in [-0.1, -0.05) is 36.4 Å². The van der Waals surface area contributed by atoms with Crippen molar-refractivity contribution in [2.45, 2.75) is 69.7 Å². The average Bonchev–Trinajstić information content (AvgIpc) is 3.29. The quantitative estimate of drug-likeness (QED) is 0.271. The van der Waals surface area contributed by atoms with Crippen molar-refractivity contribution in [1.29, 1.82) is 0 Å². The summed E-state index contributed by atoms with van der Waals surface area (Å²) in [7, 11) is -1.21. The lowest BCUT2D eigenvalue weighted by molar-refractivity contribution is -0.0436. The number of rotatable bonds is 5. The third-order valence-electron chi connectivity index (χ3n) is 8.72. The second kappa shape index (κ2) is 10.8. The Hall–Kier alpha value is -3.69. The van der Waals surface area contributed by atoms with Crippen molar-refractivity contribution in [1.82, 2.24) is 19.4 Å². The third kappa shape index (κ3) is 5.93. The summed E-state index contributed by atoms with van der Waals surface area (Å²) >= 11 is 0. The lowest BCUT2D eigenvalue weighted by Gasteiger charge is -2.51. The first kappa shape index (κ1) is 29.4. The number of benzene rings is 2. The number of hydrogen-bond acceptors (Lipinski definition) is 6. The van der Waals surface area contributed by atoms with Gasteiger partial charge in [-0.3, -0.25) is 9.88 Å². The topological polar surface area (TPSA) is 84.7 Å². The molecule has 4 aromatic rings. The zero-order valence-corrected chi connectivity index (χ0v) is 26.6. The van der Waals surface area contributed by atoms with Crippen molar-refractivity contribution in [3.63, 3.8) is 0 Å². The van der Waals surface area contributed by atoms with Gasteiger partial charge in [-0.2, -0.15) is 0 Å². The van der Waals surface area contributed by atoms with Gasteiger partial charge in [0.05, 0.1) is 16.1 Å². The molecule has 0 saturated carbocycles. The minimum absolute atomic E-state index is 0.193. The van der Waals surface area contributed by atoms with Crippen LogP contribution < -0.4 is 0 Å². The number of aryl methyl sites for hydroxylation is 2. The number of ether oxygens (including phenoxy) is 1. The van der Waals surface area contributed by atoms with E-state index < -0.39 is 15.4 Å². The lowest BCUT2D eigenvalue weighted by atomic mass is 9.90. The maximum absolute atomic E-state index is 12.7. The van der Waals surface area contributed by atoms with Gasteiger partial charge in [-0.15, -0.1) is 0 Å². The first-order valence-electron chi connectivity index (χ1n) is 14.9. The SMILES string of the molecule is Cc1nc(-c2ccc(CN3C[C@H]4CC[C@@H]3CN4C(=O)OC(C)(C)C)cc2)cc2c1cc(-c1ccc(S(C)(=O)=O)cc1)n2C. The fourth-order valence-corrected chi connectivity index (χ4v) is 7.08. The van der Waals surface area contributed by atoms with Gasteiger partial charge in [-0.25, -0.2) is 13.2 Å². The summed E-state index contributed by atoms with van der Waals surface area (Å²) in [6.45, 7) is 10.2. The van der Waals surface area contributed by atoms with E-state index >= 15 is 0 Å². The van der Waals surface area contributed by atoms with E-state index in [4.69, 9.17) is 9.72 Å². The van der Waals surface area contributed by atoms with Crippen LogP contribution in [0.5, 0.6) is 0 Å². The summed E-state index contributed by atoms with van der Waals surface area (Å²) in [5.41, 5.74) is 6.73. The summed E-state index contributed by atoms with van der Waals surface area (Å²) in [4.78, 5) is 22.4. The number of carbonyl (C=O) groups is 1. The molecule has 0 N–H and O–H groups in total. The smallest absolute Gasteiger partial charge is 0.410 e. The van der Waals surface area contributed by atoms with E-state index in [1.165, 1.54) is 11.8 Å². The average molecular weight is 601 g/mol. The minimum atomic E-state index is -3.24. The lowest BCUT2D eigenvalue weighted by Crippen LogP contribution is -2.63. The highest BCUT2D eigenvalue weighted by Crippen LogP contribution is 2.34. The molecule has 7 rings (SSSR count). The fraction of sp³-hybridized carbons (Fsp3) is 0.412. The molecule has 2 aromatic carbocycles. The number of piperazine rings is 1. The van der Waals surface area contributed by atoms with E-state index in [2.05, 4.69) is 45.9 Å². The Bertz CT molecular complexity index is 1790. The Morgan fingerprint density at radius 1 is 0.953 bits per heavy atom. The summed E-state index contributed by atoms with van der Waals surface area (Å²) in [5.74, 6) is 0. The highest BCUT2D eigenvalue weighted by molar-refractivity contribution is 7.90. The van der Waals surface area contributed by atoms with Crippen molar-refractivity contribution in [2.75, 3.05) is 19.3 Å². The molecule has 43 heavy (non-hydrogen) atoms. The molecule has 3 saturated heterocycles. The zero-order chi connectivity index (χ0) is 30.7. The van der Waals surface area contributed by atoms with Crippen LogP contribution in [0, 0.1) is 6.92 Å². The molecule has 1 amide bonds. The molecule has 0 spiro atoms. The molecule has 0 aliphatic carbocycles. The van der Waals surface area contributed by atoms with E-state index in [0.717, 1.165) is 71.6 Å². The minimum Gasteiger partial charge on any atom is -0.444 e. The first-order chi connectivity index (χ1) is 20.3. The second-order valence-electron chi connectivity index (χ2n) is 13.1. The van der Waals surface area contributed by atoms with E-state index in [0.29, 0.717) is 10.9 Å². The summed E-state index contributed by atoms with van der Waals surface area (Å²) in [6, 6.07) is 20.5. The Kier molecular flexibility index (Phi) is 7.37. The van der Waals surface area contributed by atoms with Gasteiger partial charge in [0.2, 0.25) is 0 Å². The molecule has 5 heterocycles. The normalized spacial score (nSPS) is 19.3. The number of carbonyl (C=O) groups excluding carboxylic acids is 1. The molecule has 0 unspecified atom stereocenters. The molecule has 226 valence electrons. The summed E-state index contributed by atoms with van der Waals surface area (Å²) in [5, 5.41) is 1.07. The number of piperidine rings is 2. The molecule has 3 aliphatic heterocycles. The molecular formula is C34H40N4O4S. The van der Waals surface area contributed by atoms with Gasteiger partial charge in [0.25, 0.3) is 0 Å². The van der Waals surface area contributed by atoms with Gasteiger partial charge in [0, 0.05) is 67.4 Å². The van der Waals surface area contributed by atoms with Crippen LogP contribution in [0.1, 0.15) is 44.9 Å². The number of fused-ring (bicyclic) bond motifs is 4. The van der Waals surface area contributed by atoms with Crippen LogP contribution in [0.4, 0.5) is 4.79 Å². The zero-order valence-electron chi connectivity index (χ0n) is 25.8. The van der Waals surface area contributed by atoms with Gasteiger partial charge < -0.3 is 14.2 Å². The van der Waals surface area contributed by atoms with Gasteiger partial charge >= 0.3 is 6.09 Å². The number of amides is 1. The predicted molar refractivity (Wildman–Crippen MR) is 170 cm³/mol. The Balaban J connectivity index is 1.18. The molecule has 0 radical (unpaired) electrons. The molecule has 2 bridgehead atoms. The largest absolute Gasteiger partial charge is 0.444 e. The molecular weight excluding hydrogens is 560 g/mol. The summed E-state index contributed by atoms with van der Waals surface area (Å²) in [6.07, 6.45) is 3.16. The van der Waals surface area contributed by atoms with Crippen LogP contribution in [-0.2, 0) is 28.2 Å². The molecule has 2 aromatic heterocycles. The third-order valence-corrected chi connectivity index (χ3v) is 9.84. The van der Waals surface area contributed by atoms with Crippen LogP contribution in [0.3, 0.4) is 0 Å². The maximum atomic E-state index is 12.7. The predicted octanol–water partition coefficient (Wildman–Crippen LogP) is 6.20. The maximum Gasteiger partial charge on any atom is 0.410 e. The Morgan fingerprint density at radius 2 is 1.60 bits per heavy atom. The van der Waals surface area contributed by atoms with Crippen molar-refractivity contribution in [3.05, 3.63) is 71.9 Å². The molecule has 9 heteroatoms. The van der Waals surface area contributed by atoms with Gasteiger partial charge in [0.1, 0.15) is 5.60 Å². The first-order valence-corrected chi connectivity index (χ1v) is 16.8. The second-order valence-corrected chi connectivity index (χ2v) is 15.1. The Morgan fingerprint density at radius 3 is 2.21 bits per heavy atom. The van der Waals surface area contributed by atoms with Crippen molar-refractivity contribution < 1.29 is 17.9 Å². The standard InChI is InChI=1S/C34H40N4O4S/c1-22-29-17-31(25-11-15-28(16-12-25)43(6,40)41)36(5)32(29)18-30(35-22)24-9-7-23(8-10-24)19-37-20-27-14-13-26(37)21-38(27)33(39)42-34(2,3)4/h7-12,15-18,26-27H,13-14,19-21H2,1-6H3/t26-,27-/m1/s1. The number of hydrogen-bond donors (Lipinski definition) is 0. The number of nitrogens with zero attached hydrogens (tertiary/aromatic N) is 4. The van der Waals surface area contributed by atoms with E-state index in [9.17, 15) is 13.2 Å². The van der Waals surface area contributed by atoms with Gasteiger partial charge in [-0.05, 0) is 75.9 Å². The molecule has 3 aliphatic rings. The highest BCUT2D eigenvalue weighted by Gasteiger charge is 2.42. The fourth-order valence-electron chi connectivity index (χ4n) is 6.45.